The molecule has 0 aliphatic carbocycles. The second-order valence-corrected chi connectivity index (χ2v) is 6.98. The highest BCUT2D eigenvalue weighted by molar-refractivity contribution is 5.92. The van der Waals surface area contributed by atoms with Gasteiger partial charge < -0.3 is 19.5 Å². The number of nitrogens with zero attached hydrogens (tertiary/aromatic N) is 4. The fourth-order valence-corrected chi connectivity index (χ4v) is 3.35. The van der Waals surface area contributed by atoms with Crippen molar-refractivity contribution in [3.63, 3.8) is 0 Å². The lowest BCUT2D eigenvalue weighted by molar-refractivity contribution is -0.192. The number of carboxylic acid groups (broad SMARTS) is 1. The number of amides is 1. The number of ether oxygens (including phenoxy) is 2. The number of hydrogen-bond donors (Lipinski definition) is 1. The average molecular weight is 440 g/mol. The van der Waals surface area contributed by atoms with Gasteiger partial charge in [0.25, 0.3) is 5.91 Å². The maximum absolute atomic E-state index is 12.5. The highest BCUT2D eigenvalue weighted by atomic mass is 19.4. The van der Waals surface area contributed by atoms with E-state index in [0.29, 0.717) is 31.3 Å². The van der Waals surface area contributed by atoms with Crippen LogP contribution in [0.25, 0.3) is 0 Å². The van der Waals surface area contributed by atoms with Gasteiger partial charge in [-0.2, -0.15) is 13.2 Å². The number of hydrogen-bond acceptors (Lipinski definition) is 7. The van der Waals surface area contributed by atoms with Crippen molar-refractivity contribution in [2.75, 3.05) is 19.7 Å². The predicted octanol–water partition coefficient (Wildman–Crippen LogP) is 1.96. The van der Waals surface area contributed by atoms with Crippen molar-refractivity contribution in [1.82, 2.24) is 19.9 Å². The number of pyridine rings is 1. The van der Waals surface area contributed by atoms with E-state index in [1.54, 1.807) is 23.4 Å². The predicted molar refractivity (Wildman–Crippen MR) is 98.2 cm³/mol. The minimum absolute atomic E-state index is 0.0333. The fraction of sp³-hybridized carbons (Fsp3) is 0.421. The summed E-state index contributed by atoms with van der Waals surface area (Å²) in [6.45, 7) is 1.75. The Labute approximate surface area is 174 Å². The van der Waals surface area contributed by atoms with E-state index in [1.807, 2.05) is 18.2 Å². The quantitative estimate of drug-likeness (QED) is 0.770. The van der Waals surface area contributed by atoms with Crippen LogP contribution in [0.2, 0.25) is 0 Å². The van der Waals surface area contributed by atoms with Crippen LogP contribution >= 0.6 is 0 Å². The molecule has 2 aliphatic rings. The number of aliphatic carboxylic acids is 1. The van der Waals surface area contributed by atoms with E-state index in [0.717, 1.165) is 12.8 Å². The Balaban J connectivity index is 0.000000339. The maximum atomic E-state index is 12.5. The van der Waals surface area contributed by atoms with E-state index in [4.69, 9.17) is 19.4 Å². The number of carboxylic acids is 1. The highest BCUT2D eigenvalue weighted by Gasteiger charge is 2.47. The average Bonchev–Trinajstić information content (AvgIpc) is 3.35. The number of rotatable bonds is 3. The summed E-state index contributed by atoms with van der Waals surface area (Å²) in [5, 5.41) is 7.12. The Kier molecular flexibility index (Phi) is 6.68. The summed E-state index contributed by atoms with van der Waals surface area (Å²) < 4.78 is 43.6. The third-order valence-electron chi connectivity index (χ3n) is 4.75. The lowest BCUT2D eigenvalue weighted by atomic mass is 9.98. The number of halogens is 3. The van der Waals surface area contributed by atoms with Gasteiger partial charge in [0.2, 0.25) is 5.88 Å². The lowest BCUT2D eigenvalue weighted by Crippen LogP contribution is -2.36. The van der Waals surface area contributed by atoms with Crippen molar-refractivity contribution in [2.45, 2.75) is 30.7 Å². The van der Waals surface area contributed by atoms with Gasteiger partial charge >= 0.3 is 12.1 Å². The molecule has 12 heteroatoms. The zero-order chi connectivity index (χ0) is 22.5. The minimum Gasteiger partial charge on any atom is -0.475 e. The molecule has 4 heterocycles. The van der Waals surface area contributed by atoms with Gasteiger partial charge in [-0.3, -0.25) is 4.79 Å². The number of likely N-dealkylation sites (tertiary alicyclic amines) is 1. The monoisotopic (exact) mass is 440 g/mol. The van der Waals surface area contributed by atoms with Gasteiger partial charge in [-0.1, -0.05) is 6.07 Å². The van der Waals surface area contributed by atoms with Crippen molar-refractivity contribution in [1.29, 1.82) is 0 Å². The Morgan fingerprint density at radius 2 is 2.00 bits per heavy atom. The second-order valence-electron chi connectivity index (χ2n) is 6.98. The van der Waals surface area contributed by atoms with E-state index in [-0.39, 0.29) is 17.6 Å². The van der Waals surface area contributed by atoms with Crippen LogP contribution in [0.5, 0.6) is 5.88 Å². The molecule has 2 aromatic rings. The summed E-state index contributed by atoms with van der Waals surface area (Å²) in [7, 11) is 0. The summed E-state index contributed by atoms with van der Waals surface area (Å²) in [4.78, 5) is 35.3. The van der Waals surface area contributed by atoms with Crippen molar-refractivity contribution in [2.24, 2.45) is 0 Å². The van der Waals surface area contributed by atoms with Gasteiger partial charge in [-0.05, 0) is 18.6 Å². The molecule has 0 saturated carbocycles. The number of carbonyl (C=O) groups is 2. The molecule has 0 aromatic carbocycles. The molecule has 4 rings (SSSR count). The van der Waals surface area contributed by atoms with Gasteiger partial charge in [0.1, 0.15) is 18.1 Å². The van der Waals surface area contributed by atoms with Gasteiger partial charge in [0, 0.05) is 31.4 Å². The van der Waals surface area contributed by atoms with Gasteiger partial charge in [-0.15, -0.1) is 0 Å². The van der Waals surface area contributed by atoms with Gasteiger partial charge in [-0.25, -0.2) is 19.7 Å². The molecule has 2 aromatic heterocycles. The number of aromatic nitrogens is 3. The first-order chi connectivity index (χ1) is 14.7. The summed E-state index contributed by atoms with van der Waals surface area (Å²) in [6, 6.07) is 7.22. The molecule has 0 bridgehead atoms. The third-order valence-corrected chi connectivity index (χ3v) is 4.75. The van der Waals surface area contributed by atoms with Crippen LogP contribution in [-0.4, -0.2) is 74.4 Å². The first kappa shape index (κ1) is 22.4. The molecular formula is C19H19F3N4O5. The van der Waals surface area contributed by atoms with Crippen LogP contribution in [0, 0.1) is 0 Å². The van der Waals surface area contributed by atoms with Crippen LogP contribution in [0.1, 0.15) is 23.3 Å². The van der Waals surface area contributed by atoms with Crippen LogP contribution in [0.4, 0.5) is 13.2 Å². The largest absolute Gasteiger partial charge is 0.490 e. The Morgan fingerprint density at radius 3 is 2.61 bits per heavy atom. The first-order valence-corrected chi connectivity index (χ1v) is 9.26. The van der Waals surface area contributed by atoms with E-state index < -0.39 is 12.1 Å². The summed E-state index contributed by atoms with van der Waals surface area (Å²) in [5.74, 6) is -2.23. The minimum atomic E-state index is -5.08. The Bertz CT molecular complexity index is 900. The number of carbonyl (C=O) groups excluding carboxylic acids is 1. The van der Waals surface area contributed by atoms with Crippen LogP contribution in [0.15, 0.2) is 43.0 Å². The topological polar surface area (TPSA) is 115 Å². The summed E-state index contributed by atoms with van der Waals surface area (Å²) >= 11 is 0. The van der Waals surface area contributed by atoms with Crippen molar-refractivity contribution < 1.29 is 37.3 Å². The van der Waals surface area contributed by atoms with Crippen LogP contribution in [-0.2, 0) is 9.53 Å². The summed E-state index contributed by atoms with van der Waals surface area (Å²) in [5.41, 5.74) is 0.101. The second kappa shape index (κ2) is 9.25. The van der Waals surface area contributed by atoms with Crippen LogP contribution < -0.4 is 4.74 Å². The standard InChI is InChI=1S/C17H18N4O3.C2HF3O2/c22-16(14-4-7-18-12-20-14)21-8-5-17(11-21)9-13(10-23-17)24-15-3-1-2-6-19-15;3-2(4,5)1(6)7/h1-4,6-7,12-13H,5,8-11H2;(H,6,7)/t13-,17+;/m1./s1. The molecular weight excluding hydrogens is 421 g/mol. The van der Waals surface area contributed by atoms with Crippen molar-refractivity contribution in [3.05, 3.63) is 48.7 Å². The van der Waals surface area contributed by atoms with E-state index in [1.165, 1.54) is 6.33 Å². The van der Waals surface area contributed by atoms with E-state index >= 15 is 0 Å². The molecule has 1 N–H and O–H groups in total. The van der Waals surface area contributed by atoms with Crippen molar-refractivity contribution >= 4 is 11.9 Å². The fourth-order valence-electron chi connectivity index (χ4n) is 3.35. The van der Waals surface area contributed by atoms with Crippen LogP contribution in [0.3, 0.4) is 0 Å². The third kappa shape index (κ3) is 5.87. The molecule has 1 spiro atoms. The molecule has 0 unspecified atom stereocenters. The summed E-state index contributed by atoms with van der Waals surface area (Å²) in [6.07, 6.45) is 1.13. The SMILES string of the molecule is O=C(O)C(F)(F)F.O=C(c1ccncn1)N1CC[C@]2(C[C@@H](Oc3ccccn3)CO2)C1. The zero-order valence-electron chi connectivity index (χ0n) is 16.2. The zero-order valence-corrected chi connectivity index (χ0v) is 16.2. The first-order valence-electron chi connectivity index (χ1n) is 9.26. The highest BCUT2D eigenvalue weighted by Crippen LogP contribution is 2.36. The maximum Gasteiger partial charge on any atom is 0.490 e. The van der Waals surface area contributed by atoms with E-state index in [2.05, 4.69) is 15.0 Å². The Morgan fingerprint density at radius 1 is 1.23 bits per heavy atom. The van der Waals surface area contributed by atoms with Gasteiger partial charge in [0.15, 0.2) is 0 Å². The molecule has 0 radical (unpaired) electrons. The normalized spacial score (nSPS) is 22.7. The lowest BCUT2D eigenvalue weighted by Gasteiger charge is -2.23. The number of alkyl halides is 3. The molecule has 166 valence electrons. The molecule has 2 fully saturated rings. The van der Waals surface area contributed by atoms with Crippen molar-refractivity contribution in [3.8, 4) is 5.88 Å². The molecule has 2 aliphatic heterocycles. The van der Waals surface area contributed by atoms with Gasteiger partial charge in [0.05, 0.1) is 18.8 Å². The molecule has 9 nitrogen and oxygen atoms in total. The Hall–Kier alpha value is -3.28. The molecule has 2 atom stereocenters. The molecule has 31 heavy (non-hydrogen) atoms. The molecule has 1 amide bonds. The smallest absolute Gasteiger partial charge is 0.475 e. The van der Waals surface area contributed by atoms with E-state index in [9.17, 15) is 18.0 Å². The molecule has 2 saturated heterocycles.